The largest absolute Gasteiger partial charge is 0.279 e. The van der Waals surface area contributed by atoms with Gasteiger partial charge >= 0.3 is 0 Å². The van der Waals surface area contributed by atoms with Gasteiger partial charge in [0, 0.05) is 16.1 Å². The average molecular weight is 407 g/mol. The molecule has 0 aliphatic rings. The van der Waals surface area contributed by atoms with Crippen LogP contribution in [0.5, 0.6) is 0 Å². The highest BCUT2D eigenvalue weighted by molar-refractivity contribution is 7.99. The molecular formula is C21H15ClN4OS. The van der Waals surface area contributed by atoms with Crippen LogP contribution in [0, 0.1) is 0 Å². The van der Waals surface area contributed by atoms with E-state index >= 15 is 0 Å². The fourth-order valence-corrected chi connectivity index (χ4v) is 3.58. The number of pyridine rings is 1. The third-order valence-corrected chi connectivity index (χ3v) is 5.19. The maximum atomic E-state index is 13.0. The zero-order valence-electron chi connectivity index (χ0n) is 14.6. The highest BCUT2D eigenvalue weighted by Gasteiger charge is 2.12. The van der Waals surface area contributed by atoms with Crippen molar-refractivity contribution in [1.29, 1.82) is 0 Å². The molecule has 0 saturated carbocycles. The number of nitrogens with zero attached hydrogens (tertiary/aromatic N) is 3. The molecule has 4 rings (SSSR count). The molecule has 2 aromatic heterocycles. The molecule has 0 bridgehead atoms. The van der Waals surface area contributed by atoms with Gasteiger partial charge in [-0.1, -0.05) is 47.6 Å². The number of fused-ring (bicyclic) bond motifs is 1. The molecule has 2 aromatic carbocycles. The molecule has 0 atom stereocenters. The van der Waals surface area contributed by atoms with E-state index in [0.29, 0.717) is 21.3 Å². The van der Waals surface area contributed by atoms with Crippen molar-refractivity contribution in [3.8, 4) is 0 Å². The SMILES string of the molecule is O=c1c(/C=N\Nc2ccccc2)c(Sc2ccc(Cl)cc2)nc2ccccn12. The Hall–Kier alpha value is -3.09. The Morgan fingerprint density at radius 3 is 2.54 bits per heavy atom. The molecule has 0 unspecified atom stereocenters. The number of aromatic nitrogens is 2. The monoisotopic (exact) mass is 406 g/mol. The van der Waals surface area contributed by atoms with Gasteiger partial charge in [-0.05, 0) is 48.5 Å². The average Bonchev–Trinajstić information content (AvgIpc) is 2.73. The van der Waals surface area contributed by atoms with Gasteiger partial charge in [-0.25, -0.2) is 4.98 Å². The van der Waals surface area contributed by atoms with Crippen LogP contribution in [0.3, 0.4) is 0 Å². The molecule has 138 valence electrons. The molecular weight excluding hydrogens is 392 g/mol. The molecule has 4 aromatic rings. The van der Waals surface area contributed by atoms with E-state index in [2.05, 4.69) is 15.5 Å². The first-order chi connectivity index (χ1) is 13.7. The first kappa shape index (κ1) is 18.3. The lowest BCUT2D eigenvalue weighted by atomic mass is 10.3. The van der Waals surface area contributed by atoms with Gasteiger partial charge in [0.05, 0.1) is 17.5 Å². The Kier molecular flexibility index (Phi) is 5.41. The number of hydrazone groups is 1. The maximum absolute atomic E-state index is 13.0. The molecule has 1 N–H and O–H groups in total. The number of benzene rings is 2. The standard InChI is InChI=1S/C21H15ClN4OS/c22-15-9-11-17(12-10-15)28-20-18(14-23-25-16-6-2-1-3-7-16)21(27)26-13-5-4-8-19(26)24-20/h1-14,25H/b23-14-. The van der Waals surface area contributed by atoms with Crippen molar-refractivity contribution in [2.24, 2.45) is 5.10 Å². The van der Waals surface area contributed by atoms with Gasteiger partial charge in [0.2, 0.25) is 0 Å². The summed E-state index contributed by atoms with van der Waals surface area (Å²) < 4.78 is 1.51. The predicted octanol–water partition coefficient (Wildman–Crippen LogP) is 4.95. The van der Waals surface area contributed by atoms with Gasteiger partial charge in [-0.2, -0.15) is 5.10 Å². The first-order valence-corrected chi connectivity index (χ1v) is 9.69. The van der Waals surface area contributed by atoms with E-state index in [1.165, 1.54) is 22.4 Å². The smallest absolute Gasteiger partial charge is 0.267 e. The van der Waals surface area contributed by atoms with Gasteiger partial charge < -0.3 is 0 Å². The second-order valence-electron chi connectivity index (χ2n) is 5.86. The topological polar surface area (TPSA) is 58.8 Å². The Morgan fingerprint density at radius 2 is 1.75 bits per heavy atom. The van der Waals surface area contributed by atoms with Crippen LogP contribution in [0.4, 0.5) is 5.69 Å². The molecule has 2 heterocycles. The van der Waals surface area contributed by atoms with Crippen LogP contribution in [0.1, 0.15) is 5.56 Å². The second-order valence-corrected chi connectivity index (χ2v) is 7.36. The quantitative estimate of drug-likeness (QED) is 0.289. The highest BCUT2D eigenvalue weighted by atomic mass is 35.5. The van der Waals surface area contributed by atoms with Gasteiger partial charge in [-0.3, -0.25) is 14.6 Å². The number of hydrogen-bond donors (Lipinski definition) is 1. The fraction of sp³-hybridized carbons (Fsp3) is 0. The van der Waals surface area contributed by atoms with Crippen LogP contribution >= 0.6 is 23.4 Å². The van der Waals surface area contributed by atoms with Crippen LogP contribution in [0.2, 0.25) is 5.02 Å². The Morgan fingerprint density at radius 1 is 1.00 bits per heavy atom. The van der Waals surface area contributed by atoms with Crippen molar-refractivity contribution in [2.75, 3.05) is 5.43 Å². The fourth-order valence-electron chi connectivity index (χ4n) is 2.57. The maximum Gasteiger partial charge on any atom is 0.267 e. The minimum Gasteiger partial charge on any atom is -0.279 e. The van der Waals surface area contributed by atoms with Gasteiger partial charge in [0.15, 0.2) is 0 Å². The molecule has 7 heteroatoms. The van der Waals surface area contributed by atoms with Crippen molar-refractivity contribution in [3.05, 3.63) is 99.9 Å². The second kappa shape index (κ2) is 8.29. The van der Waals surface area contributed by atoms with E-state index in [-0.39, 0.29) is 5.56 Å². The number of para-hydroxylation sites is 1. The molecule has 0 radical (unpaired) electrons. The van der Waals surface area contributed by atoms with E-state index in [0.717, 1.165) is 10.6 Å². The summed E-state index contributed by atoms with van der Waals surface area (Å²) >= 11 is 7.36. The van der Waals surface area contributed by atoms with E-state index in [9.17, 15) is 4.79 Å². The van der Waals surface area contributed by atoms with Crippen LogP contribution < -0.4 is 11.0 Å². The highest BCUT2D eigenvalue weighted by Crippen LogP contribution is 2.28. The summed E-state index contributed by atoms with van der Waals surface area (Å²) in [5, 5.41) is 5.47. The lowest BCUT2D eigenvalue weighted by Gasteiger charge is -2.08. The van der Waals surface area contributed by atoms with Crippen LogP contribution in [-0.2, 0) is 0 Å². The molecule has 0 fully saturated rings. The minimum atomic E-state index is -0.180. The summed E-state index contributed by atoms with van der Waals surface area (Å²) in [5.74, 6) is 0. The Labute approximate surface area is 170 Å². The van der Waals surface area contributed by atoms with E-state index in [4.69, 9.17) is 11.6 Å². The zero-order chi connectivity index (χ0) is 19.3. The Bertz CT molecular complexity index is 1190. The normalized spacial score (nSPS) is 11.2. The van der Waals surface area contributed by atoms with Gasteiger partial charge in [0.25, 0.3) is 5.56 Å². The van der Waals surface area contributed by atoms with E-state index < -0.39 is 0 Å². The summed E-state index contributed by atoms with van der Waals surface area (Å²) in [4.78, 5) is 18.6. The van der Waals surface area contributed by atoms with Gasteiger partial charge in [0.1, 0.15) is 10.7 Å². The van der Waals surface area contributed by atoms with Crippen LogP contribution in [0.15, 0.2) is 98.8 Å². The van der Waals surface area contributed by atoms with Gasteiger partial charge in [-0.15, -0.1) is 0 Å². The summed E-state index contributed by atoms with van der Waals surface area (Å²) in [6.07, 6.45) is 3.21. The first-order valence-electron chi connectivity index (χ1n) is 8.50. The van der Waals surface area contributed by atoms with Crippen LogP contribution in [0.25, 0.3) is 5.65 Å². The van der Waals surface area contributed by atoms with Crippen molar-refractivity contribution in [3.63, 3.8) is 0 Å². The summed E-state index contributed by atoms with van der Waals surface area (Å²) in [6, 6.07) is 22.4. The third kappa shape index (κ3) is 4.08. The number of nitrogens with one attached hydrogen (secondary N) is 1. The number of anilines is 1. The number of hydrogen-bond acceptors (Lipinski definition) is 5. The summed E-state index contributed by atoms with van der Waals surface area (Å²) in [7, 11) is 0. The number of halogens is 1. The van der Waals surface area contributed by atoms with Crippen molar-refractivity contribution in [1.82, 2.24) is 9.38 Å². The Balaban J connectivity index is 1.74. The zero-order valence-corrected chi connectivity index (χ0v) is 16.2. The van der Waals surface area contributed by atoms with E-state index in [1.807, 2.05) is 60.7 Å². The van der Waals surface area contributed by atoms with Crippen molar-refractivity contribution >= 4 is 40.9 Å². The van der Waals surface area contributed by atoms with Crippen molar-refractivity contribution < 1.29 is 0 Å². The van der Waals surface area contributed by atoms with E-state index in [1.54, 1.807) is 18.3 Å². The molecule has 0 saturated heterocycles. The molecule has 0 aliphatic heterocycles. The molecule has 0 amide bonds. The minimum absolute atomic E-state index is 0.180. The molecule has 0 spiro atoms. The lowest BCUT2D eigenvalue weighted by molar-refractivity contribution is 0.977. The molecule has 5 nitrogen and oxygen atoms in total. The third-order valence-electron chi connectivity index (χ3n) is 3.92. The lowest BCUT2D eigenvalue weighted by Crippen LogP contribution is -2.21. The summed E-state index contributed by atoms with van der Waals surface area (Å²) in [5.41, 5.74) is 4.58. The molecule has 0 aliphatic carbocycles. The summed E-state index contributed by atoms with van der Waals surface area (Å²) in [6.45, 7) is 0. The predicted molar refractivity (Wildman–Crippen MR) is 115 cm³/mol. The van der Waals surface area contributed by atoms with Crippen molar-refractivity contribution in [2.45, 2.75) is 9.92 Å². The van der Waals surface area contributed by atoms with Crippen LogP contribution in [-0.4, -0.2) is 15.6 Å². The number of rotatable bonds is 5. The molecule has 28 heavy (non-hydrogen) atoms.